The van der Waals surface area contributed by atoms with Gasteiger partial charge in [-0.1, -0.05) is 11.6 Å². The van der Waals surface area contributed by atoms with Gasteiger partial charge in [0.05, 0.1) is 4.90 Å². The Morgan fingerprint density at radius 2 is 1.73 bits per heavy atom. The Hall–Kier alpha value is -0.870. The highest BCUT2D eigenvalue weighted by atomic mass is 35.5. The van der Waals surface area contributed by atoms with Gasteiger partial charge in [-0.05, 0) is 37.1 Å². The second-order valence-electron chi connectivity index (χ2n) is 3.64. The number of aldehydes is 1. The van der Waals surface area contributed by atoms with Gasteiger partial charge in [0, 0.05) is 5.02 Å². The van der Waals surface area contributed by atoms with Gasteiger partial charge in [-0.2, -0.15) is 0 Å². The van der Waals surface area contributed by atoms with Crippen molar-refractivity contribution in [3.8, 4) is 0 Å². The lowest BCUT2D eigenvalue weighted by molar-refractivity contribution is -0.108. The Morgan fingerprint density at radius 3 is 2.13 bits per heavy atom. The molecule has 80 valence electrons. The van der Waals surface area contributed by atoms with Gasteiger partial charge >= 0.3 is 0 Å². The van der Waals surface area contributed by atoms with Crippen molar-refractivity contribution in [2.24, 2.45) is 0 Å². The molecule has 1 fully saturated rings. The normalized spacial score (nSPS) is 18.5. The van der Waals surface area contributed by atoms with Crippen LogP contribution >= 0.6 is 11.6 Å². The predicted octanol–water partition coefficient (Wildman–Crippen LogP) is 1.85. The van der Waals surface area contributed by atoms with Crippen LogP contribution in [0, 0.1) is 0 Å². The molecule has 1 aromatic rings. The minimum atomic E-state index is -3.52. The molecule has 1 aromatic carbocycles. The highest BCUT2D eigenvalue weighted by Crippen LogP contribution is 2.44. The number of hydrogen-bond acceptors (Lipinski definition) is 3. The molecule has 0 atom stereocenters. The summed E-state index contributed by atoms with van der Waals surface area (Å²) in [6.45, 7) is 0. The van der Waals surface area contributed by atoms with Crippen LogP contribution in [-0.4, -0.2) is 19.5 Å². The van der Waals surface area contributed by atoms with Crippen LogP contribution in [0.4, 0.5) is 0 Å². The number of carbonyl (C=O) groups is 1. The van der Waals surface area contributed by atoms with Crippen LogP contribution in [-0.2, 0) is 14.6 Å². The van der Waals surface area contributed by atoms with Gasteiger partial charge in [0.15, 0.2) is 9.84 Å². The van der Waals surface area contributed by atoms with E-state index < -0.39 is 14.6 Å². The molecule has 2 rings (SSSR count). The molecule has 0 radical (unpaired) electrons. The van der Waals surface area contributed by atoms with Crippen molar-refractivity contribution in [1.29, 1.82) is 0 Å². The largest absolute Gasteiger partial charge is 0.302 e. The monoisotopic (exact) mass is 244 g/mol. The summed E-state index contributed by atoms with van der Waals surface area (Å²) in [5, 5.41) is 0.477. The molecule has 0 aliphatic heterocycles. The molecule has 0 aromatic heterocycles. The van der Waals surface area contributed by atoms with Crippen molar-refractivity contribution < 1.29 is 13.2 Å². The van der Waals surface area contributed by atoms with Crippen molar-refractivity contribution in [1.82, 2.24) is 0 Å². The Balaban J connectivity index is 2.47. The molecule has 1 aliphatic carbocycles. The van der Waals surface area contributed by atoms with E-state index in [1.54, 1.807) is 0 Å². The summed E-state index contributed by atoms with van der Waals surface area (Å²) >= 11 is 5.66. The SMILES string of the molecule is O=CC1(S(=O)(=O)c2ccc(Cl)cc2)CC1. The van der Waals surface area contributed by atoms with E-state index in [1.807, 2.05) is 0 Å². The molecule has 0 amide bonds. The zero-order valence-corrected chi connectivity index (χ0v) is 9.38. The molecule has 0 saturated heterocycles. The van der Waals surface area contributed by atoms with E-state index in [9.17, 15) is 13.2 Å². The van der Waals surface area contributed by atoms with Gasteiger partial charge in [-0.15, -0.1) is 0 Å². The van der Waals surface area contributed by atoms with E-state index >= 15 is 0 Å². The third-order valence-corrected chi connectivity index (χ3v) is 5.34. The van der Waals surface area contributed by atoms with E-state index in [-0.39, 0.29) is 4.90 Å². The summed E-state index contributed by atoms with van der Waals surface area (Å²) in [5.74, 6) is 0. The predicted molar refractivity (Wildman–Crippen MR) is 56.7 cm³/mol. The highest BCUT2D eigenvalue weighted by Gasteiger charge is 2.55. The fourth-order valence-electron chi connectivity index (χ4n) is 1.42. The van der Waals surface area contributed by atoms with Gasteiger partial charge in [0.1, 0.15) is 11.0 Å². The lowest BCUT2D eigenvalue weighted by Gasteiger charge is -2.09. The van der Waals surface area contributed by atoms with Gasteiger partial charge < -0.3 is 4.79 Å². The summed E-state index contributed by atoms with van der Waals surface area (Å²) in [7, 11) is -3.52. The van der Waals surface area contributed by atoms with Crippen LogP contribution in [0.25, 0.3) is 0 Å². The van der Waals surface area contributed by atoms with Crippen LogP contribution in [0.15, 0.2) is 29.2 Å². The molecule has 0 spiro atoms. The average Bonchev–Trinajstić information content (AvgIpc) is 2.99. The molecule has 15 heavy (non-hydrogen) atoms. The molecule has 1 aliphatic rings. The topological polar surface area (TPSA) is 51.2 Å². The maximum absolute atomic E-state index is 12.0. The number of rotatable bonds is 3. The standard InChI is InChI=1S/C10H9ClO3S/c11-8-1-3-9(4-2-8)15(13,14)10(7-12)5-6-10/h1-4,7H,5-6H2. The van der Waals surface area contributed by atoms with Crippen LogP contribution in [0.2, 0.25) is 5.02 Å². The zero-order valence-electron chi connectivity index (χ0n) is 7.81. The number of benzene rings is 1. The number of carbonyl (C=O) groups excluding carboxylic acids is 1. The van der Waals surface area contributed by atoms with Crippen LogP contribution in [0.5, 0.6) is 0 Å². The van der Waals surface area contributed by atoms with Crippen molar-refractivity contribution in [2.45, 2.75) is 22.5 Å². The van der Waals surface area contributed by atoms with Crippen molar-refractivity contribution in [2.75, 3.05) is 0 Å². The summed E-state index contributed by atoms with van der Waals surface area (Å²) in [6, 6.07) is 5.88. The minimum Gasteiger partial charge on any atom is -0.302 e. The second kappa shape index (κ2) is 3.32. The molecule has 0 heterocycles. The van der Waals surface area contributed by atoms with Gasteiger partial charge in [0.2, 0.25) is 0 Å². The molecule has 0 bridgehead atoms. The van der Waals surface area contributed by atoms with E-state index in [0.717, 1.165) is 0 Å². The molecule has 1 saturated carbocycles. The van der Waals surface area contributed by atoms with E-state index in [4.69, 9.17) is 11.6 Å². The fraction of sp³-hybridized carbons (Fsp3) is 0.300. The fourth-order valence-corrected chi connectivity index (χ4v) is 3.28. The first-order chi connectivity index (χ1) is 7.02. The minimum absolute atomic E-state index is 0.163. The average molecular weight is 245 g/mol. The number of halogens is 1. The Kier molecular flexibility index (Phi) is 2.35. The molecular formula is C10H9ClO3S. The third-order valence-electron chi connectivity index (χ3n) is 2.62. The van der Waals surface area contributed by atoms with Crippen molar-refractivity contribution in [3.05, 3.63) is 29.3 Å². The molecule has 3 nitrogen and oxygen atoms in total. The summed E-state index contributed by atoms with van der Waals surface area (Å²) in [6.07, 6.45) is 1.37. The summed E-state index contributed by atoms with van der Waals surface area (Å²) in [5.41, 5.74) is 0. The Labute approximate surface area is 93.0 Å². The van der Waals surface area contributed by atoms with Gasteiger partial charge in [0.25, 0.3) is 0 Å². The first-order valence-electron chi connectivity index (χ1n) is 4.48. The van der Waals surface area contributed by atoms with Gasteiger partial charge in [-0.3, -0.25) is 0 Å². The van der Waals surface area contributed by atoms with Crippen molar-refractivity contribution >= 4 is 27.7 Å². The molecule has 5 heteroatoms. The van der Waals surface area contributed by atoms with E-state index in [0.29, 0.717) is 24.2 Å². The number of hydrogen-bond donors (Lipinski definition) is 0. The lowest BCUT2D eigenvalue weighted by atomic mass is 10.4. The maximum Gasteiger partial charge on any atom is 0.190 e. The van der Waals surface area contributed by atoms with Crippen LogP contribution in [0.3, 0.4) is 0 Å². The zero-order chi connectivity index (χ0) is 11.1. The third kappa shape index (κ3) is 1.58. The van der Waals surface area contributed by atoms with E-state index in [1.165, 1.54) is 24.3 Å². The second-order valence-corrected chi connectivity index (χ2v) is 6.37. The lowest BCUT2D eigenvalue weighted by Crippen LogP contribution is -2.24. The number of sulfone groups is 1. The van der Waals surface area contributed by atoms with Crippen molar-refractivity contribution in [3.63, 3.8) is 0 Å². The summed E-state index contributed by atoms with van der Waals surface area (Å²) < 4.78 is 22.8. The highest BCUT2D eigenvalue weighted by molar-refractivity contribution is 7.93. The van der Waals surface area contributed by atoms with Gasteiger partial charge in [-0.25, -0.2) is 8.42 Å². The molecule has 0 unspecified atom stereocenters. The molecule has 0 N–H and O–H groups in total. The van der Waals surface area contributed by atoms with E-state index in [2.05, 4.69) is 0 Å². The Morgan fingerprint density at radius 1 is 1.20 bits per heavy atom. The first-order valence-corrected chi connectivity index (χ1v) is 6.34. The van der Waals surface area contributed by atoms with Crippen LogP contribution < -0.4 is 0 Å². The molecular weight excluding hydrogens is 236 g/mol. The summed E-state index contributed by atoms with van der Waals surface area (Å²) in [4.78, 5) is 10.9. The first kappa shape index (κ1) is 10.6. The van der Waals surface area contributed by atoms with Crippen LogP contribution in [0.1, 0.15) is 12.8 Å². The quantitative estimate of drug-likeness (QED) is 0.763. The Bertz CT molecular complexity index is 486. The smallest absolute Gasteiger partial charge is 0.190 e. The maximum atomic E-state index is 12.0.